The molecule has 0 fully saturated rings. The summed E-state index contributed by atoms with van der Waals surface area (Å²) in [6.07, 6.45) is 6.06. The fourth-order valence-corrected chi connectivity index (χ4v) is 2.18. The van der Waals surface area contributed by atoms with Gasteiger partial charge in [-0.05, 0) is 5.57 Å². The molecule has 0 amide bonds. The molecule has 0 aromatic rings. The van der Waals surface area contributed by atoms with Gasteiger partial charge in [0, 0.05) is 6.42 Å². The number of fused-ring (bicyclic) bond motifs is 1. The number of carbonyl (C=O) groups is 1. The highest BCUT2D eigenvalue weighted by Crippen LogP contribution is 2.23. The van der Waals surface area contributed by atoms with Crippen LogP contribution < -0.4 is 10.5 Å². The predicted molar refractivity (Wildman–Crippen MR) is 59.4 cm³/mol. The second-order valence-corrected chi connectivity index (χ2v) is 3.99. The maximum Gasteiger partial charge on any atom is 0.320 e. The molecule has 2 aliphatic rings. The minimum absolute atomic E-state index is 0.0935. The van der Waals surface area contributed by atoms with Gasteiger partial charge in [-0.1, -0.05) is 18.2 Å². The number of allylic oxidation sites excluding steroid dienone is 2. The molecule has 15 heavy (non-hydrogen) atoms. The summed E-state index contributed by atoms with van der Waals surface area (Å²) in [4.78, 5) is 10.6. The van der Waals surface area contributed by atoms with Crippen molar-refractivity contribution in [2.24, 2.45) is 10.1 Å². The Hall–Kier alpha value is -1.11. The molecule has 2 atom stereocenters. The first kappa shape index (κ1) is 10.4. The Balaban J connectivity index is 2.12. The summed E-state index contributed by atoms with van der Waals surface area (Å²) in [7, 11) is 0. The largest absolute Gasteiger partial charge is 0.480 e. The molecule has 2 unspecified atom stereocenters. The first-order valence-corrected chi connectivity index (χ1v) is 5.31. The van der Waals surface area contributed by atoms with E-state index in [1.54, 1.807) is 0 Å². The number of hydrogen-bond acceptors (Lipinski definition) is 5. The van der Waals surface area contributed by atoms with Gasteiger partial charge >= 0.3 is 5.97 Å². The van der Waals surface area contributed by atoms with E-state index in [1.807, 2.05) is 18.2 Å². The number of nitrogens with one attached hydrogen (secondary N) is 1. The summed E-state index contributed by atoms with van der Waals surface area (Å²) in [5, 5.41) is 8.72. The van der Waals surface area contributed by atoms with Crippen molar-refractivity contribution in [2.45, 2.75) is 18.5 Å². The number of nitrogens with two attached hydrogens (primary N) is 1. The van der Waals surface area contributed by atoms with Gasteiger partial charge in [0.05, 0.1) is 23.9 Å². The molecule has 5 nitrogen and oxygen atoms in total. The molecule has 0 aromatic carbocycles. The van der Waals surface area contributed by atoms with Gasteiger partial charge in [0.15, 0.2) is 0 Å². The molecular formula is C9H11N3O2S. The fraction of sp³-hybridized carbons (Fsp3) is 0.333. The maximum atomic E-state index is 10.6. The van der Waals surface area contributed by atoms with Crippen LogP contribution in [0.3, 0.4) is 0 Å². The Morgan fingerprint density at radius 2 is 2.60 bits per heavy atom. The van der Waals surface area contributed by atoms with Gasteiger partial charge in [0.25, 0.3) is 0 Å². The lowest BCUT2D eigenvalue weighted by Gasteiger charge is -2.16. The van der Waals surface area contributed by atoms with Gasteiger partial charge in [-0.15, -0.1) is 0 Å². The molecule has 0 bridgehead atoms. The normalized spacial score (nSPS) is 25.5. The van der Waals surface area contributed by atoms with Crippen molar-refractivity contribution < 1.29 is 9.90 Å². The highest BCUT2D eigenvalue weighted by atomic mass is 32.2. The van der Waals surface area contributed by atoms with E-state index in [-0.39, 0.29) is 6.04 Å². The van der Waals surface area contributed by atoms with Crippen LogP contribution in [0.5, 0.6) is 0 Å². The highest BCUT2D eigenvalue weighted by Gasteiger charge is 2.26. The Labute approximate surface area is 91.4 Å². The summed E-state index contributed by atoms with van der Waals surface area (Å²) in [5.41, 5.74) is 7.27. The summed E-state index contributed by atoms with van der Waals surface area (Å²) in [6.45, 7) is 0. The van der Waals surface area contributed by atoms with E-state index in [1.165, 1.54) is 12.1 Å². The molecule has 1 aliphatic heterocycles. The Morgan fingerprint density at radius 1 is 1.80 bits per heavy atom. The molecule has 2 rings (SSSR count). The minimum Gasteiger partial charge on any atom is -0.480 e. The molecule has 1 heterocycles. The van der Waals surface area contributed by atoms with E-state index in [2.05, 4.69) is 9.12 Å². The zero-order valence-corrected chi connectivity index (χ0v) is 8.70. The van der Waals surface area contributed by atoms with Gasteiger partial charge in [-0.25, -0.2) is 9.12 Å². The zero-order chi connectivity index (χ0) is 10.8. The molecule has 4 N–H and O–H groups in total. The summed E-state index contributed by atoms with van der Waals surface area (Å²) < 4.78 is 7.29. The van der Waals surface area contributed by atoms with E-state index in [4.69, 9.17) is 10.8 Å². The van der Waals surface area contributed by atoms with E-state index in [0.29, 0.717) is 6.42 Å². The molecule has 0 saturated carbocycles. The number of nitrogens with zero attached hydrogens (tertiary/aromatic N) is 1. The van der Waals surface area contributed by atoms with Crippen molar-refractivity contribution in [3.8, 4) is 0 Å². The van der Waals surface area contributed by atoms with Crippen LogP contribution in [0.15, 0.2) is 28.2 Å². The van der Waals surface area contributed by atoms with Crippen molar-refractivity contribution in [2.75, 3.05) is 0 Å². The number of aliphatic carboxylic acids is 1. The van der Waals surface area contributed by atoms with Crippen LogP contribution in [0.4, 0.5) is 0 Å². The van der Waals surface area contributed by atoms with E-state index in [9.17, 15) is 4.79 Å². The SMILES string of the molecule is NC(CC1=CC=CC2NSN=C12)C(=O)O. The Bertz CT molecular complexity index is 376. The molecule has 0 radical (unpaired) electrons. The van der Waals surface area contributed by atoms with Crippen molar-refractivity contribution in [3.63, 3.8) is 0 Å². The van der Waals surface area contributed by atoms with Gasteiger partial charge < -0.3 is 10.8 Å². The first-order chi connectivity index (χ1) is 7.18. The molecule has 0 aromatic heterocycles. The highest BCUT2D eigenvalue weighted by molar-refractivity contribution is 7.96. The fourth-order valence-electron chi connectivity index (χ4n) is 1.50. The average Bonchev–Trinajstić information content (AvgIpc) is 2.66. The van der Waals surface area contributed by atoms with Crippen LogP contribution >= 0.6 is 12.1 Å². The van der Waals surface area contributed by atoms with E-state index < -0.39 is 12.0 Å². The maximum absolute atomic E-state index is 10.6. The Morgan fingerprint density at radius 3 is 3.33 bits per heavy atom. The quantitative estimate of drug-likeness (QED) is 0.600. The first-order valence-electron chi connectivity index (χ1n) is 4.54. The van der Waals surface area contributed by atoms with Crippen LogP contribution in [-0.4, -0.2) is 28.9 Å². The molecule has 1 aliphatic carbocycles. The van der Waals surface area contributed by atoms with Crippen LogP contribution in [-0.2, 0) is 4.79 Å². The third-order valence-electron chi connectivity index (χ3n) is 2.31. The lowest BCUT2D eigenvalue weighted by molar-refractivity contribution is -0.138. The van der Waals surface area contributed by atoms with Crippen molar-refractivity contribution >= 4 is 23.8 Å². The smallest absolute Gasteiger partial charge is 0.320 e. The van der Waals surface area contributed by atoms with E-state index >= 15 is 0 Å². The third-order valence-corrected chi connectivity index (χ3v) is 2.95. The zero-order valence-electron chi connectivity index (χ0n) is 7.88. The lowest BCUT2D eigenvalue weighted by Crippen LogP contribution is -2.34. The van der Waals surface area contributed by atoms with Crippen LogP contribution in [0.2, 0.25) is 0 Å². The standard InChI is InChI=1S/C9H11N3O2S/c10-6(9(13)14)4-5-2-1-3-7-8(5)12-15-11-7/h1-3,6-7,11H,4,10H2,(H,13,14). The van der Waals surface area contributed by atoms with Gasteiger partial charge in [0.2, 0.25) is 0 Å². The third kappa shape index (κ3) is 2.11. The van der Waals surface area contributed by atoms with Gasteiger partial charge in [-0.2, -0.15) is 0 Å². The van der Waals surface area contributed by atoms with Crippen molar-refractivity contribution in [1.29, 1.82) is 0 Å². The van der Waals surface area contributed by atoms with Crippen LogP contribution in [0, 0.1) is 0 Å². The van der Waals surface area contributed by atoms with Crippen molar-refractivity contribution in [1.82, 2.24) is 4.72 Å². The molecule has 80 valence electrons. The Kier molecular flexibility index (Phi) is 2.90. The summed E-state index contributed by atoms with van der Waals surface area (Å²) >= 11 is 1.28. The molecule has 0 saturated heterocycles. The van der Waals surface area contributed by atoms with Crippen LogP contribution in [0.1, 0.15) is 6.42 Å². The summed E-state index contributed by atoms with van der Waals surface area (Å²) in [6, 6.07) is -0.771. The topological polar surface area (TPSA) is 87.7 Å². The summed E-state index contributed by atoms with van der Waals surface area (Å²) in [5.74, 6) is -0.985. The monoisotopic (exact) mass is 225 g/mol. The van der Waals surface area contributed by atoms with Crippen molar-refractivity contribution in [3.05, 3.63) is 23.8 Å². The predicted octanol–water partition coefficient (Wildman–Crippen LogP) is 0.261. The van der Waals surface area contributed by atoms with E-state index in [0.717, 1.165) is 11.3 Å². The number of carboxylic acids is 1. The molecular weight excluding hydrogens is 214 g/mol. The lowest BCUT2D eigenvalue weighted by atomic mass is 9.93. The minimum atomic E-state index is -0.985. The second kappa shape index (κ2) is 4.18. The number of hydrogen-bond donors (Lipinski definition) is 3. The second-order valence-electron chi connectivity index (χ2n) is 3.39. The molecule has 0 spiro atoms. The van der Waals surface area contributed by atoms with Crippen LogP contribution in [0.25, 0.3) is 0 Å². The molecule has 6 heteroatoms. The number of carboxylic acid groups (broad SMARTS) is 1. The average molecular weight is 225 g/mol. The van der Waals surface area contributed by atoms with Gasteiger partial charge in [0.1, 0.15) is 6.04 Å². The van der Waals surface area contributed by atoms with Gasteiger partial charge in [-0.3, -0.25) is 4.79 Å². The number of rotatable bonds is 3.